The van der Waals surface area contributed by atoms with Crippen molar-refractivity contribution >= 4 is 12.0 Å². The standard InChI is InChI=1S/C10H11NO/c11-10(8-12)7-6-9-4-2-1-3-5-9/h1-5,8,11H,6-7H2. The lowest BCUT2D eigenvalue weighted by Gasteiger charge is -1.97. The van der Waals surface area contributed by atoms with E-state index in [4.69, 9.17) is 5.41 Å². The first kappa shape index (κ1) is 8.65. The molecule has 1 aromatic carbocycles. The predicted molar refractivity (Wildman–Crippen MR) is 48.6 cm³/mol. The second-order valence-corrected chi connectivity index (χ2v) is 2.63. The summed E-state index contributed by atoms with van der Waals surface area (Å²) in [4.78, 5) is 10.1. The van der Waals surface area contributed by atoms with Crippen molar-refractivity contribution in [3.63, 3.8) is 0 Å². The summed E-state index contributed by atoms with van der Waals surface area (Å²) in [6, 6.07) is 9.87. The van der Waals surface area contributed by atoms with Crippen LogP contribution in [-0.4, -0.2) is 12.0 Å². The van der Waals surface area contributed by atoms with Crippen LogP contribution < -0.4 is 0 Å². The predicted octanol–water partition coefficient (Wildman–Crippen LogP) is 1.84. The molecule has 0 radical (unpaired) electrons. The van der Waals surface area contributed by atoms with Gasteiger partial charge in [-0.15, -0.1) is 0 Å². The van der Waals surface area contributed by atoms with E-state index in [0.717, 1.165) is 6.42 Å². The van der Waals surface area contributed by atoms with E-state index < -0.39 is 0 Å². The maximum absolute atomic E-state index is 10.1. The fourth-order valence-corrected chi connectivity index (χ4v) is 0.983. The number of carbonyl (C=O) groups is 1. The van der Waals surface area contributed by atoms with Gasteiger partial charge in [-0.25, -0.2) is 0 Å². The van der Waals surface area contributed by atoms with Gasteiger partial charge < -0.3 is 5.41 Å². The second-order valence-electron chi connectivity index (χ2n) is 2.63. The fraction of sp³-hybridized carbons (Fsp3) is 0.200. The molecule has 0 spiro atoms. The molecule has 0 atom stereocenters. The van der Waals surface area contributed by atoms with Crippen LogP contribution >= 0.6 is 0 Å². The Morgan fingerprint density at radius 1 is 1.33 bits per heavy atom. The highest BCUT2D eigenvalue weighted by atomic mass is 16.1. The number of aldehydes is 1. The van der Waals surface area contributed by atoms with E-state index in [2.05, 4.69) is 0 Å². The Labute approximate surface area is 71.7 Å². The Bertz CT molecular complexity index is 266. The molecule has 2 heteroatoms. The van der Waals surface area contributed by atoms with Crippen molar-refractivity contribution in [2.24, 2.45) is 0 Å². The van der Waals surface area contributed by atoms with Gasteiger partial charge in [0.1, 0.15) is 0 Å². The Balaban J connectivity index is 2.43. The summed E-state index contributed by atoms with van der Waals surface area (Å²) in [5.41, 5.74) is 1.34. The monoisotopic (exact) mass is 161 g/mol. The van der Waals surface area contributed by atoms with Crippen LogP contribution in [-0.2, 0) is 11.2 Å². The molecule has 0 amide bonds. The maximum atomic E-state index is 10.1. The minimum Gasteiger partial charge on any atom is -0.302 e. The second kappa shape index (κ2) is 4.44. The Morgan fingerprint density at radius 2 is 2.00 bits per heavy atom. The molecule has 0 saturated carbocycles. The van der Waals surface area contributed by atoms with Crippen molar-refractivity contribution in [1.82, 2.24) is 0 Å². The van der Waals surface area contributed by atoms with E-state index in [9.17, 15) is 4.79 Å². The number of benzene rings is 1. The number of rotatable bonds is 4. The Kier molecular flexibility index (Phi) is 3.20. The summed E-state index contributed by atoms with van der Waals surface area (Å²) in [6.45, 7) is 0. The molecule has 0 aromatic heterocycles. The van der Waals surface area contributed by atoms with Gasteiger partial charge in [0.15, 0.2) is 6.29 Å². The molecule has 0 aliphatic carbocycles. The van der Waals surface area contributed by atoms with Crippen LogP contribution in [0.2, 0.25) is 0 Å². The van der Waals surface area contributed by atoms with Gasteiger partial charge in [-0.2, -0.15) is 0 Å². The van der Waals surface area contributed by atoms with Gasteiger partial charge in [0.25, 0.3) is 0 Å². The number of hydrogen-bond donors (Lipinski definition) is 1. The summed E-state index contributed by atoms with van der Waals surface area (Å²) in [6.07, 6.45) is 1.91. The molecule has 0 unspecified atom stereocenters. The van der Waals surface area contributed by atoms with Crippen LogP contribution in [0.15, 0.2) is 30.3 Å². The first-order valence-corrected chi connectivity index (χ1v) is 3.89. The van der Waals surface area contributed by atoms with E-state index in [-0.39, 0.29) is 5.71 Å². The van der Waals surface area contributed by atoms with E-state index in [1.54, 1.807) is 0 Å². The van der Waals surface area contributed by atoms with Gasteiger partial charge in [0.2, 0.25) is 0 Å². The van der Waals surface area contributed by atoms with Gasteiger partial charge in [-0.3, -0.25) is 4.79 Å². The van der Waals surface area contributed by atoms with Crippen LogP contribution in [0.3, 0.4) is 0 Å². The third kappa shape index (κ3) is 2.66. The van der Waals surface area contributed by atoms with Crippen LogP contribution in [0.5, 0.6) is 0 Å². The minimum absolute atomic E-state index is 0.166. The first-order valence-electron chi connectivity index (χ1n) is 3.89. The highest BCUT2D eigenvalue weighted by Gasteiger charge is 1.95. The summed E-state index contributed by atoms with van der Waals surface area (Å²) in [5, 5.41) is 7.12. The molecule has 0 bridgehead atoms. The average molecular weight is 161 g/mol. The van der Waals surface area contributed by atoms with E-state index >= 15 is 0 Å². The zero-order valence-corrected chi connectivity index (χ0v) is 6.79. The van der Waals surface area contributed by atoms with Crippen molar-refractivity contribution in [3.8, 4) is 0 Å². The molecule has 0 aliphatic rings. The summed E-state index contributed by atoms with van der Waals surface area (Å²) in [7, 11) is 0. The van der Waals surface area contributed by atoms with Gasteiger partial charge in [0, 0.05) is 0 Å². The molecule has 1 N–H and O–H groups in total. The molecule has 0 aliphatic heterocycles. The van der Waals surface area contributed by atoms with Crippen LogP contribution in [0.4, 0.5) is 0 Å². The molecule has 0 fully saturated rings. The zero-order valence-electron chi connectivity index (χ0n) is 6.79. The Hall–Kier alpha value is -1.44. The number of aryl methyl sites for hydroxylation is 1. The topological polar surface area (TPSA) is 40.9 Å². The minimum atomic E-state index is 0.166. The summed E-state index contributed by atoms with van der Waals surface area (Å²) >= 11 is 0. The maximum Gasteiger partial charge on any atom is 0.163 e. The highest BCUT2D eigenvalue weighted by molar-refractivity contribution is 6.26. The number of hydrogen-bond acceptors (Lipinski definition) is 2. The average Bonchev–Trinajstić information content (AvgIpc) is 2.16. The SMILES string of the molecule is N=C(C=O)CCc1ccccc1. The van der Waals surface area contributed by atoms with E-state index in [1.165, 1.54) is 5.56 Å². The quantitative estimate of drug-likeness (QED) is 0.531. The lowest BCUT2D eigenvalue weighted by atomic mass is 10.1. The third-order valence-corrected chi connectivity index (χ3v) is 1.67. The largest absolute Gasteiger partial charge is 0.302 e. The highest BCUT2D eigenvalue weighted by Crippen LogP contribution is 2.01. The molecule has 2 nitrogen and oxygen atoms in total. The fourth-order valence-electron chi connectivity index (χ4n) is 0.983. The van der Waals surface area contributed by atoms with Gasteiger partial charge in [-0.1, -0.05) is 30.3 Å². The van der Waals surface area contributed by atoms with Crippen molar-refractivity contribution in [2.75, 3.05) is 0 Å². The van der Waals surface area contributed by atoms with Gasteiger partial charge >= 0.3 is 0 Å². The summed E-state index contributed by atoms with van der Waals surface area (Å²) < 4.78 is 0. The van der Waals surface area contributed by atoms with Crippen LogP contribution in [0.25, 0.3) is 0 Å². The molecule has 62 valence electrons. The lowest BCUT2D eigenvalue weighted by Crippen LogP contribution is -1.99. The molecule has 12 heavy (non-hydrogen) atoms. The molecule has 1 rings (SSSR count). The Morgan fingerprint density at radius 3 is 2.58 bits per heavy atom. The van der Waals surface area contributed by atoms with Crippen molar-refractivity contribution in [2.45, 2.75) is 12.8 Å². The van der Waals surface area contributed by atoms with Crippen LogP contribution in [0.1, 0.15) is 12.0 Å². The van der Waals surface area contributed by atoms with Gasteiger partial charge in [0.05, 0.1) is 5.71 Å². The molecule has 0 heterocycles. The number of carbonyl (C=O) groups excluding carboxylic acids is 1. The van der Waals surface area contributed by atoms with Crippen LogP contribution in [0, 0.1) is 5.41 Å². The summed E-state index contributed by atoms with van der Waals surface area (Å²) in [5.74, 6) is 0. The van der Waals surface area contributed by atoms with Crippen molar-refractivity contribution in [1.29, 1.82) is 5.41 Å². The lowest BCUT2D eigenvalue weighted by molar-refractivity contribution is -0.102. The molecule has 0 saturated heterocycles. The molecular weight excluding hydrogens is 150 g/mol. The van der Waals surface area contributed by atoms with Crippen molar-refractivity contribution in [3.05, 3.63) is 35.9 Å². The zero-order chi connectivity index (χ0) is 8.81. The van der Waals surface area contributed by atoms with Crippen molar-refractivity contribution < 1.29 is 4.79 Å². The smallest absolute Gasteiger partial charge is 0.163 e. The first-order chi connectivity index (χ1) is 5.83. The number of nitrogens with one attached hydrogen (secondary N) is 1. The van der Waals surface area contributed by atoms with E-state index in [1.807, 2.05) is 30.3 Å². The normalized spacial score (nSPS) is 9.33. The molecular formula is C10H11NO. The molecule has 1 aromatic rings. The third-order valence-electron chi connectivity index (χ3n) is 1.67. The van der Waals surface area contributed by atoms with E-state index in [0.29, 0.717) is 12.7 Å². The van der Waals surface area contributed by atoms with Gasteiger partial charge in [-0.05, 0) is 18.4 Å².